The molecule has 0 aromatic heterocycles. The Morgan fingerprint density at radius 1 is 1.12 bits per heavy atom. The van der Waals surface area contributed by atoms with Gasteiger partial charge in [-0.15, -0.1) is 0 Å². The average molecular weight is 337 g/mol. The van der Waals surface area contributed by atoms with E-state index in [1.165, 1.54) is 12.1 Å². The fourth-order valence-electron chi connectivity index (χ4n) is 3.92. The second kappa shape index (κ2) is 7.15. The minimum Gasteiger partial charge on any atom is -0.340 e. The minimum absolute atomic E-state index is 0.147. The first kappa shape index (κ1) is 17.3. The summed E-state index contributed by atoms with van der Waals surface area (Å²) in [6.07, 6.45) is 0. The van der Waals surface area contributed by atoms with E-state index in [4.69, 9.17) is 0 Å². The van der Waals surface area contributed by atoms with Crippen molar-refractivity contribution in [3.8, 4) is 0 Å². The third-order valence-electron chi connectivity index (χ3n) is 5.27. The molecule has 0 saturated carbocycles. The van der Waals surface area contributed by atoms with Crippen LogP contribution in [0.3, 0.4) is 0 Å². The maximum absolute atomic E-state index is 13.4. The lowest BCUT2D eigenvalue weighted by Gasteiger charge is -2.39. The Labute approximate surface area is 142 Å². The maximum atomic E-state index is 13.4. The highest BCUT2D eigenvalue weighted by atomic mass is 19.2. The summed E-state index contributed by atoms with van der Waals surface area (Å²) in [5.74, 6) is -0.903. The number of hydrogen-bond acceptors (Lipinski definition) is 3. The van der Waals surface area contributed by atoms with Crippen LogP contribution in [0.15, 0.2) is 18.2 Å². The highest BCUT2D eigenvalue weighted by Crippen LogP contribution is 2.25. The van der Waals surface area contributed by atoms with Gasteiger partial charge in [0.15, 0.2) is 11.6 Å². The molecular formula is C18H25F2N3O. The molecule has 0 radical (unpaired) electrons. The third kappa shape index (κ3) is 3.75. The van der Waals surface area contributed by atoms with Crippen LogP contribution in [0.2, 0.25) is 0 Å². The highest BCUT2D eigenvalue weighted by Gasteiger charge is 2.35. The van der Waals surface area contributed by atoms with Crippen molar-refractivity contribution < 1.29 is 13.6 Å². The zero-order valence-electron chi connectivity index (χ0n) is 14.3. The molecule has 0 unspecified atom stereocenters. The second-order valence-electron chi connectivity index (χ2n) is 7.03. The molecule has 1 aromatic rings. The molecule has 2 fully saturated rings. The van der Waals surface area contributed by atoms with Crippen LogP contribution in [-0.4, -0.2) is 65.9 Å². The minimum atomic E-state index is -0.797. The van der Waals surface area contributed by atoms with Crippen LogP contribution >= 0.6 is 0 Å². The Balaban J connectivity index is 1.56. The summed E-state index contributed by atoms with van der Waals surface area (Å²) in [6, 6.07) is 4.60. The molecule has 2 saturated heterocycles. The van der Waals surface area contributed by atoms with E-state index < -0.39 is 11.6 Å². The van der Waals surface area contributed by atoms with Gasteiger partial charge in [0.05, 0.1) is 0 Å². The molecule has 2 aliphatic heterocycles. The third-order valence-corrected chi connectivity index (χ3v) is 5.27. The number of carbonyl (C=O) groups is 1. The zero-order valence-corrected chi connectivity index (χ0v) is 14.3. The number of carbonyl (C=O) groups excluding carboxylic acids is 1. The largest absolute Gasteiger partial charge is 0.340 e. The molecule has 6 heteroatoms. The second-order valence-corrected chi connectivity index (χ2v) is 7.03. The summed E-state index contributed by atoms with van der Waals surface area (Å²) in [6.45, 7) is 9.80. The van der Waals surface area contributed by atoms with E-state index in [1.807, 2.05) is 4.90 Å². The summed E-state index contributed by atoms with van der Waals surface area (Å²) in [7, 11) is 0. The van der Waals surface area contributed by atoms with Gasteiger partial charge in [-0.2, -0.15) is 0 Å². The van der Waals surface area contributed by atoms with Crippen LogP contribution in [0.25, 0.3) is 0 Å². The molecule has 0 N–H and O–H groups in total. The lowest BCUT2D eigenvalue weighted by atomic mass is 10.0. The SMILES string of the molecule is CC(=O)N1CCN([C@H]2CN(Cc3ccc(F)c(F)c3)C[C@@H]2C)CC1. The Bertz CT molecular complexity index is 602. The fourth-order valence-corrected chi connectivity index (χ4v) is 3.92. The summed E-state index contributed by atoms with van der Waals surface area (Å²) >= 11 is 0. The van der Waals surface area contributed by atoms with E-state index in [1.54, 1.807) is 13.0 Å². The van der Waals surface area contributed by atoms with Gasteiger partial charge in [-0.25, -0.2) is 8.78 Å². The predicted molar refractivity (Wildman–Crippen MR) is 88.4 cm³/mol. The van der Waals surface area contributed by atoms with Gasteiger partial charge in [-0.3, -0.25) is 14.6 Å². The van der Waals surface area contributed by atoms with E-state index in [2.05, 4.69) is 16.7 Å². The van der Waals surface area contributed by atoms with E-state index in [9.17, 15) is 13.6 Å². The number of piperazine rings is 1. The smallest absolute Gasteiger partial charge is 0.219 e. The molecular weight excluding hydrogens is 312 g/mol. The van der Waals surface area contributed by atoms with E-state index in [-0.39, 0.29) is 5.91 Å². The topological polar surface area (TPSA) is 26.8 Å². The fraction of sp³-hybridized carbons (Fsp3) is 0.611. The normalized spacial score (nSPS) is 26.1. The van der Waals surface area contributed by atoms with E-state index in [0.29, 0.717) is 18.5 Å². The molecule has 0 aliphatic carbocycles. The first-order valence-corrected chi connectivity index (χ1v) is 8.60. The van der Waals surface area contributed by atoms with Gasteiger partial charge in [0.2, 0.25) is 5.91 Å². The molecule has 1 aromatic carbocycles. The first-order chi connectivity index (χ1) is 11.4. The lowest BCUT2D eigenvalue weighted by molar-refractivity contribution is -0.130. The van der Waals surface area contributed by atoms with Crippen molar-refractivity contribution >= 4 is 5.91 Å². The van der Waals surface area contributed by atoms with Crippen LogP contribution in [-0.2, 0) is 11.3 Å². The summed E-state index contributed by atoms with van der Waals surface area (Å²) < 4.78 is 26.4. The number of halogens is 2. The van der Waals surface area contributed by atoms with Crippen LogP contribution in [0.1, 0.15) is 19.4 Å². The van der Waals surface area contributed by atoms with Gasteiger partial charge >= 0.3 is 0 Å². The number of nitrogens with zero attached hydrogens (tertiary/aromatic N) is 3. The van der Waals surface area contributed by atoms with Gasteiger partial charge in [0, 0.05) is 58.8 Å². The Hall–Kier alpha value is -1.53. The molecule has 0 spiro atoms. The molecule has 0 bridgehead atoms. The number of hydrogen-bond donors (Lipinski definition) is 0. The Morgan fingerprint density at radius 3 is 2.46 bits per heavy atom. The number of benzene rings is 1. The van der Waals surface area contributed by atoms with Crippen molar-refractivity contribution in [3.05, 3.63) is 35.4 Å². The molecule has 2 aliphatic rings. The van der Waals surface area contributed by atoms with E-state index >= 15 is 0 Å². The first-order valence-electron chi connectivity index (χ1n) is 8.60. The molecule has 2 heterocycles. The Morgan fingerprint density at radius 2 is 1.83 bits per heavy atom. The van der Waals surface area contributed by atoms with Crippen LogP contribution in [0, 0.1) is 17.6 Å². The standard InChI is InChI=1S/C18H25F2N3O/c1-13-10-21(11-15-3-4-16(19)17(20)9-15)12-18(13)23-7-5-22(6-8-23)14(2)24/h3-4,9,13,18H,5-8,10-12H2,1-2H3/t13-,18-/m0/s1. The van der Waals surface area contributed by atoms with Crippen molar-refractivity contribution in [3.63, 3.8) is 0 Å². The van der Waals surface area contributed by atoms with Gasteiger partial charge in [0.25, 0.3) is 0 Å². The molecule has 2 atom stereocenters. The van der Waals surface area contributed by atoms with Crippen LogP contribution in [0.5, 0.6) is 0 Å². The van der Waals surface area contributed by atoms with Crippen molar-refractivity contribution in [1.29, 1.82) is 0 Å². The van der Waals surface area contributed by atoms with Gasteiger partial charge in [-0.1, -0.05) is 13.0 Å². The molecule has 24 heavy (non-hydrogen) atoms. The van der Waals surface area contributed by atoms with Crippen molar-refractivity contribution in [2.75, 3.05) is 39.3 Å². The number of likely N-dealkylation sites (tertiary alicyclic amines) is 1. The average Bonchev–Trinajstić information content (AvgIpc) is 2.91. The van der Waals surface area contributed by atoms with Crippen molar-refractivity contribution in [2.45, 2.75) is 26.4 Å². The lowest BCUT2D eigenvalue weighted by Crippen LogP contribution is -2.53. The van der Waals surface area contributed by atoms with Crippen LogP contribution in [0.4, 0.5) is 8.78 Å². The summed E-state index contributed by atoms with van der Waals surface area (Å²) in [5.41, 5.74) is 0.808. The maximum Gasteiger partial charge on any atom is 0.219 e. The van der Waals surface area contributed by atoms with E-state index in [0.717, 1.165) is 44.8 Å². The van der Waals surface area contributed by atoms with Crippen molar-refractivity contribution in [1.82, 2.24) is 14.7 Å². The highest BCUT2D eigenvalue weighted by molar-refractivity contribution is 5.73. The zero-order chi connectivity index (χ0) is 17.3. The molecule has 1 amide bonds. The van der Waals surface area contributed by atoms with Gasteiger partial charge in [-0.05, 0) is 23.6 Å². The molecule has 3 rings (SSSR count). The summed E-state index contributed by atoms with van der Waals surface area (Å²) in [4.78, 5) is 18.1. The van der Waals surface area contributed by atoms with Gasteiger partial charge in [0.1, 0.15) is 0 Å². The number of rotatable bonds is 3. The Kier molecular flexibility index (Phi) is 5.15. The van der Waals surface area contributed by atoms with Crippen LogP contribution < -0.4 is 0 Å². The molecule has 132 valence electrons. The molecule has 4 nitrogen and oxygen atoms in total. The van der Waals surface area contributed by atoms with Gasteiger partial charge < -0.3 is 4.90 Å². The quantitative estimate of drug-likeness (QED) is 0.843. The summed E-state index contributed by atoms with van der Waals surface area (Å²) in [5, 5.41) is 0. The van der Waals surface area contributed by atoms with Crippen molar-refractivity contribution in [2.24, 2.45) is 5.92 Å². The number of amides is 1. The monoisotopic (exact) mass is 337 g/mol. The predicted octanol–water partition coefficient (Wildman–Crippen LogP) is 1.95.